The molecule has 0 unspecified atom stereocenters. The Kier molecular flexibility index (Phi) is 4.01. The molecule has 0 bridgehead atoms. The molecule has 0 aromatic carbocycles. The molecule has 0 aliphatic rings. The number of carbonyl (C=O) groups is 1. The van der Waals surface area contributed by atoms with Crippen molar-refractivity contribution < 1.29 is 9.53 Å². The number of rotatable bonds is 4. The summed E-state index contributed by atoms with van der Waals surface area (Å²) in [5.74, 6) is -0.462. The lowest BCUT2D eigenvalue weighted by Gasteiger charge is -2.12. The van der Waals surface area contributed by atoms with Crippen LogP contribution in [0.25, 0.3) is 5.78 Å². The number of nitrogens with one attached hydrogen (secondary N) is 1. The van der Waals surface area contributed by atoms with Gasteiger partial charge < -0.3 is 4.74 Å². The molecule has 0 fully saturated rings. The Morgan fingerprint density at radius 1 is 1.55 bits per heavy atom. The van der Waals surface area contributed by atoms with Gasteiger partial charge in [-0.25, -0.2) is 14.8 Å². The zero-order chi connectivity index (χ0) is 14.9. The van der Waals surface area contributed by atoms with Gasteiger partial charge in [0.2, 0.25) is 4.33 Å². The van der Waals surface area contributed by atoms with Crippen LogP contribution in [-0.2, 0) is 16.0 Å². The maximum absolute atomic E-state index is 12.1. The van der Waals surface area contributed by atoms with Crippen LogP contribution in [0.1, 0.15) is 18.2 Å². The van der Waals surface area contributed by atoms with Crippen molar-refractivity contribution in [3.63, 3.8) is 0 Å². The molecule has 9 heteroatoms. The third-order valence-corrected chi connectivity index (χ3v) is 2.98. The van der Waals surface area contributed by atoms with Crippen molar-refractivity contribution in [3.8, 4) is 0 Å². The zero-order valence-corrected chi connectivity index (χ0v) is 12.3. The van der Waals surface area contributed by atoms with Gasteiger partial charge in [-0.15, -0.1) is 0 Å². The molecular formula is C11H12Cl2N4O3. The number of ether oxygens (including phenoxy) is 1. The summed E-state index contributed by atoms with van der Waals surface area (Å²) in [6, 6.07) is 0. The number of hydrogen-bond donors (Lipinski definition) is 1. The van der Waals surface area contributed by atoms with Gasteiger partial charge in [-0.3, -0.25) is 9.89 Å². The minimum absolute atomic E-state index is 0.00811. The molecule has 1 N–H and O–H groups in total. The molecule has 0 radical (unpaired) electrons. The summed E-state index contributed by atoms with van der Waals surface area (Å²) in [5.41, 5.74) is 0.698. The number of carbonyl (C=O) groups excluding carboxylic acids is 1. The van der Waals surface area contributed by atoms with E-state index in [1.165, 1.54) is 17.8 Å². The van der Waals surface area contributed by atoms with E-state index in [4.69, 9.17) is 27.9 Å². The lowest BCUT2D eigenvalue weighted by atomic mass is 10.2. The Morgan fingerprint density at radius 3 is 2.90 bits per heavy atom. The average molecular weight is 319 g/mol. The normalized spacial score (nSPS) is 11.8. The van der Waals surface area contributed by atoms with E-state index in [2.05, 4.69) is 15.1 Å². The van der Waals surface area contributed by atoms with Gasteiger partial charge in [0.05, 0.1) is 12.3 Å². The summed E-state index contributed by atoms with van der Waals surface area (Å²) in [7, 11) is 0. The van der Waals surface area contributed by atoms with E-state index >= 15 is 0 Å². The molecule has 0 saturated heterocycles. The minimum atomic E-state index is -1.60. The van der Waals surface area contributed by atoms with Crippen molar-refractivity contribution in [3.05, 3.63) is 27.9 Å². The quantitative estimate of drug-likeness (QED) is 0.671. The molecule has 2 rings (SSSR count). The van der Waals surface area contributed by atoms with Crippen LogP contribution in [0.5, 0.6) is 0 Å². The van der Waals surface area contributed by atoms with E-state index < -0.39 is 10.3 Å². The number of fused-ring (bicyclic) bond motifs is 1. The number of halogens is 2. The first-order valence-corrected chi connectivity index (χ1v) is 6.53. The molecule has 0 spiro atoms. The van der Waals surface area contributed by atoms with Crippen LogP contribution in [-0.4, -0.2) is 36.5 Å². The van der Waals surface area contributed by atoms with Crippen LogP contribution in [0.4, 0.5) is 0 Å². The molecule has 0 aliphatic carbocycles. The summed E-state index contributed by atoms with van der Waals surface area (Å²) in [6.45, 7) is 3.00. The lowest BCUT2D eigenvalue weighted by Crippen LogP contribution is -2.27. The minimum Gasteiger partial charge on any atom is -0.463 e. The Morgan fingerprint density at radius 2 is 2.25 bits per heavy atom. The fourth-order valence-electron chi connectivity index (χ4n) is 1.66. The van der Waals surface area contributed by atoms with Crippen LogP contribution in [0.2, 0.25) is 0 Å². The van der Waals surface area contributed by atoms with E-state index in [9.17, 15) is 9.59 Å². The molecule has 0 atom stereocenters. The van der Waals surface area contributed by atoms with Gasteiger partial charge in [0, 0.05) is 12.0 Å². The lowest BCUT2D eigenvalue weighted by molar-refractivity contribution is -0.143. The maximum atomic E-state index is 12.1. The first-order valence-electron chi connectivity index (χ1n) is 5.77. The van der Waals surface area contributed by atoms with Crippen LogP contribution >= 0.6 is 23.2 Å². The fraction of sp³-hybridized carbons (Fsp3) is 0.455. The molecule has 20 heavy (non-hydrogen) atoms. The number of aromatic nitrogens is 4. The smallest absolute Gasteiger partial charge is 0.342 e. The van der Waals surface area contributed by atoms with Crippen molar-refractivity contribution in [2.75, 3.05) is 6.61 Å². The van der Waals surface area contributed by atoms with E-state index in [1.807, 2.05) is 0 Å². The van der Waals surface area contributed by atoms with E-state index in [-0.39, 0.29) is 18.6 Å². The molecule has 0 amide bonds. The number of hydrogen-bond acceptors (Lipinski definition) is 5. The highest BCUT2D eigenvalue weighted by molar-refractivity contribution is 6.57. The largest absolute Gasteiger partial charge is 0.463 e. The van der Waals surface area contributed by atoms with E-state index in [0.29, 0.717) is 17.0 Å². The zero-order valence-electron chi connectivity index (χ0n) is 10.8. The van der Waals surface area contributed by atoms with Gasteiger partial charge in [0.1, 0.15) is 6.33 Å². The molecule has 0 saturated carbocycles. The van der Waals surface area contributed by atoms with Crippen LogP contribution in [0, 0.1) is 6.92 Å². The number of aromatic amines is 1. The Balaban J connectivity index is 2.14. The van der Waals surface area contributed by atoms with Gasteiger partial charge in [-0.1, -0.05) is 23.2 Å². The highest BCUT2D eigenvalue weighted by Crippen LogP contribution is 2.21. The van der Waals surface area contributed by atoms with Gasteiger partial charge >= 0.3 is 5.97 Å². The van der Waals surface area contributed by atoms with E-state index in [1.54, 1.807) is 6.92 Å². The molecule has 108 valence electrons. The van der Waals surface area contributed by atoms with Gasteiger partial charge in [-0.05, 0) is 13.8 Å². The average Bonchev–Trinajstić information content (AvgIpc) is 2.80. The predicted molar refractivity (Wildman–Crippen MR) is 73.1 cm³/mol. The van der Waals surface area contributed by atoms with Crippen LogP contribution in [0.15, 0.2) is 11.1 Å². The van der Waals surface area contributed by atoms with Crippen molar-refractivity contribution in [2.24, 2.45) is 0 Å². The van der Waals surface area contributed by atoms with Crippen LogP contribution in [0.3, 0.4) is 0 Å². The van der Waals surface area contributed by atoms with Gasteiger partial charge in [-0.2, -0.15) is 4.52 Å². The van der Waals surface area contributed by atoms with Crippen molar-refractivity contribution in [1.82, 2.24) is 19.6 Å². The number of nitrogens with zero attached hydrogens (tertiary/aromatic N) is 3. The maximum Gasteiger partial charge on any atom is 0.342 e. The molecule has 2 heterocycles. The summed E-state index contributed by atoms with van der Waals surface area (Å²) in [4.78, 5) is 31.6. The van der Waals surface area contributed by atoms with Gasteiger partial charge in [0.15, 0.2) is 0 Å². The Labute approximate surface area is 123 Å². The highest BCUT2D eigenvalue weighted by Gasteiger charge is 2.29. The Hall–Kier alpha value is -1.60. The monoisotopic (exact) mass is 318 g/mol. The molecular weight excluding hydrogens is 307 g/mol. The number of esters is 1. The summed E-state index contributed by atoms with van der Waals surface area (Å²) >= 11 is 11.2. The van der Waals surface area contributed by atoms with Gasteiger partial charge in [0.25, 0.3) is 11.3 Å². The summed E-state index contributed by atoms with van der Waals surface area (Å²) < 4.78 is 4.53. The molecule has 2 aromatic rings. The van der Waals surface area contributed by atoms with Crippen molar-refractivity contribution in [2.45, 2.75) is 24.6 Å². The molecule has 2 aromatic heterocycles. The second-order valence-corrected chi connectivity index (χ2v) is 5.98. The second kappa shape index (κ2) is 5.41. The first-order chi connectivity index (χ1) is 9.30. The molecule has 0 aliphatic heterocycles. The number of alkyl halides is 2. The highest BCUT2D eigenvalue weighted by atomic mass is 35.5. The predicted octanol–water partition coefficient (Wildman–Crippen LogP) is 1.01. The fourth-order valence-corrected chi connectivity index (χ4v) is 1.76. The second-order valence-electron chi connectivity index (χ2n) is 4.28. The molecule has 7 nitrogen and oxygen atoms in total. The Bertz CT molecular complexity index is 702. The SMILES string of the molecule is Cc1nc2nc[nH]n2c(=O)c1CCOC(=O)C(C)(Cl)Cl. The third kappa shape index (κ3) is 2.94. The first kappa shape index (κ1) is 14.8. The van der Waals surface area contributed by atoms with Crippen LogP contribution < -0.4 is 5.56 Å². The van der Waals surface area contributed by atoms with Crippen molar-refractivity contribution >= 4 is 34.9 Å². The number of H-pyrrole nitrogens is 1. The third-order valence-electron chi connectivity index (χ3n) is 2.68. The summed E-state index contributed by atoms with van der Waals surface area (Å²) in [5, 5.41) is 2.66. The topological polar surface area (TPSA) is 89.3 Å². The number of aryl methyl sites for hydroxylation is 1. The standard InChI is InChI=1S/C11H12Cl2N4O3/c1-6-7(3-4-20-9(19)11(2,12)13)8(18)17-10(16-6)14-5-15-17/h5H,3-4H2,1-2H3,(H,14,15,16). The summed E-state index contributed by atoms with van der Waals surface area (Å²) in [6.07, 6.45) is 1.59. The van der Waals surface area contributed by atoms with Crippen molar-refractivity contribution in [1.29, 1.82) is 0 Å². The van der Waals surface area contributed by atoms with E-state index in [0.717, 1.165) is 0 Å².